The molecule has 0 saturated heterocycles. The number of Topliss-reactive ketones (excluding diaryl/α,β-unsaturated/α-hetero) is 1. The number of ketones is 1. The maximum absolute atomic E-state index is 11.8. The van der Waals surface area contributed by atoms with E-state index in [0.29, 0.717) is 30.7 Å². The van der Waals surface area contributed by atoms with Crippen molar-refractivity contribution in [2.45, 2.75) is 25.6 Å². The summed E-state index contributed by atoms with van der Waals surface area (Å²) in [6.45, 7) is 0.504. The lowest BCUT2D eigenvalue weighted by Crippen LogP contribution is -2.06. The Bertz CT molecular complexity index is 957. The van der Waals surface area contributed by atoms with Gasteiger partial charge in [0.05, 0.1) is 0 Å². The van der Waals surface area contributed by atoms with Crippen molar-refractivity contribution in [3.63, 3.8) is 0 Å². The van der Waals surface area contributed by atoms with Crippen molar-refractivity contribution in [3.05, 3.63) is 83.6 Å². The molecule has 27 heavy (non-hydrogen) atoms. The molecule has 0 fully saturated rings. The molecule has 5 nitrogen and oxygen atoms in total. The minimum absolute atomic E-state index is 0.0413. The topological polar surface area (TPSA) is 72.6 Å². The third kappa shape index (κ3) is 3.83. The minimum Gasteiger partial charge on any atom is -0.489 e. The number of aromatic nitrogens is 1. The average molecular weight is 361 g/mol. The van der Waals surface area contributed by atoms with Crippen LogP contribution in [0.2, 0.25) is 0 Å². The van der Waals surface area contributed by atoms with Crippen molar-refractivity contribution >= 4 is 5.78 Å². The first-order chi connectivity index (χ1) is 13.2. The summed E-state index contributed by atoms with van der Waals surface area (Å²) in [5.74, 6) is 0.990. The van der Waals surface area contributed by atoms with Gasteiger partial charge in [-0.15, -0.1) is 0 Å². The number of aliphatic hydroxyl groups excluding tert-OH is 1. The van der Waals surface area contributed by atoms with E-state index in [9.17, 15) is 9.90 Å². The number of nitrogens with zero attached hydrogens (tertiary/aromatic N) is 1. The van der Waals surface area contributed by atoms with E-state index in [2.05, 4.69) is 5.16 Å². The van der Waals surface area contributed by atoms with Gasteiger partial charge in [-0.3, -0.25) is 4.79 Å². The van der Waals surface area contributed by atoms with Gasteiger partial charge in [0.2, 0.25) is 0 Å². The number of carbonyl (C=O) groups is 1. The van der Waals surface area contributed by atoms with E-state index >= 15 is 0 Å². The summed E-state index contributed by atoms with van der Waals surface area (Å²) in [6, 6.07) is 19.1. The Morgan fingerprint density at radius 1 is 1.11 bits per heavy atom. The van der Waals surface area contributed by atoms with Crippen molar-refractivity contribution in [1.29, 1.82) is 0 Å². The second kappa shape index (κ2) is 7.60. The van der Waals surface area contributed by atoms with E-state index in [0.717, 1.165) is 16.9 Å². The lowest BCUT2D eigenvalue weighted by Gasteiger charge is -2.06. The highest BCUT2D eigenvalue weighted by Gasteiger charge is 2.26. The SMILES string of the molecule is O=C1CCC=C1C(O)c1cc(-c2ccc(OCc3ccccc3)cc2)no1. The van der Waals surface area contributed by atoms with Crippen molar-refractivity contribution in [1.82, 2.24) is 5.16 Å². The Kier molecular flexibility index (Phi) is 4.85. The summed E-state index contributed by atoms with van der Waals surface area (Å²) < 4.78 is 11.0. The molecule has 0 aliphatic heterocycles. The van der Waals surface area contributed by atoms with Crippen LogP contribution < -0.4 is 4.74 Å². The van der Waals surface area contributed by atoms with Gasteiger partial charge in [0.15, 0.2) is 11.5 Å². The van der Waals surface area contributed by atoms with Gasteiger partial charge in [0.1, 0.15) is 24.2 Å². The third-order valence-corrected chi connectivity index (χ3v) is 4.55. The molecule has 0 bridgehead atoms. The Balaban J connectivity index is 1.43. The molecule has 0 radical (unpaired) electrons. The maximum Gasteiger partial charge on any atom is 0.170 e. The quantitative estimate of drug-likeness (QED) is 0.711. The molecular weight excluding hydrogens is 342 g/mol. The summed E-state index contributed by atoms with van der Waals surface area (Å²) in [7, 11) is 0. The van der Waals surface area contributed by atoms with Crippen LogP contribution >= 0.6 is 0 Å². The normalized spacial score (nSPS) is 14.9. The molecule has 1 N–H and O–H groups in total. The van der Waals surface area contributed by atoms with E-state index in [-0.39, 0.29) is 11.5 Å². The van der Waals surface area contributed by atoms with Gasteiger partial charge in [-0.25, -0.2) is 0 Å². The van der Waals surface area contributed by atoms with Crippen LogP contribution in [0.5, 0.6) is 5.75 Å². The van der Waals surface area contributed by atoms with E-state index in [1.54, 1.807) is 12.1 Å². The molecule has 0 saturated carbocycles. The molecule has 4 rings (SSSR count). The second-order valence-electron chi connectivity index (χ2n) is 6.44. The number of hydrogen-bond donors (Lipinski definition) is 1. The number of allylic oxidation sites excluding steroid dienone is 1. The molecule has 5 heteroatoms. The predicted molar refractivity (Wildman–Crippen MR) is 100.0 cm³/mol. The lowest BCUT2D eigenvalue weighted by molar-refractivity contribution is -0.115. The van der Waals surface area contributed by atoms with E-state index in [4.69, 9.17) is 9.26 Å². The van der Waals surface area contributed by atoms with Crippen LogP contribution in [-0.2, 0) is 11.4 Å². The molecule has 1 heterocycles. The van der Waals surface area contributed by atoms with E-state index < -0.39 is 6.10 Å². The zero-order valence-electron chi connectivity index (χ0n) is 14.7. The van der Waals surface area contributed by atoms with Gasteiger partial charge in [-0.2, -0.15) is 0 Å². The number of hydrogen-bond acceptors (Lipinski definition) is 5. The Hall–Kier alpha value is -3.18. The average Bonchev–Trinajstić information content (AvgIpc) is 3.36. The number of benzene rings is 2. The van der Waals surface area contributed by atoms with E-state index in [1.165, 1.54) is 0 Å². The highest BCUT2D eigenvalue weighted by atomic mass is 16.5. The fraction of sp³-hybridized carbons (Fsp3) is 0.182. The molecule has 1 aliphatic carbocycles. The smallest absolute Gasteiger partial charge is 0.170 e. The summed E-state index contributed by atoms with van der Waals surface area (Å²) in [5.41, 5.74) is 2.94. The van der Waals surface area contributed by atoms with Crippen LogP contribution in [0.3, 0.4) is 0 Å². The molecule has 0 spiro atoms. The van der Waals surface area contributed by atoms with Crippen LogP contribution in [0, 0.1) is 0 Å². The monoisotopic (exact) mass is 361 g/mol. The summed E-state index contributed by atoms with van der Waals surface area (Å²) >= 11 is 0. The van der Waals surface area contributed by atoms with Crippen molar-refractivity contribution < 1.29 is 19.2 Å². The van der Waals surface area contributed by atoms with Gasteiger partial charge in [0.25, 0.3) is 0 Å². The standard InChI is InChI=1S/C22H19NO4/c24-20-8-4-7-18(20)22(25)21-13-19(23-27-21)16-9-11-17(12-10-16)26-14-15-5-2-1-3-6-15/h1-3,5-7,9-13,22,25H,4,8,14H2. The Morgan fingerprint density at radius 3 is 2.59 bits per heavy atom. The molecule has 1 unspecified atom stereocenters. The zero-order valence-corrected chi connectivity index (χ0v) is 14.7. The second-order valence-corrected chi connectivity index (χ2v) is 6.44. The summed E-state index contributed by atoms with van der Waals surface area (Å²) in [5, 5.41) is 14.3. The number of ether oxygens (including phenoxy) is 1. The molecule has 1 aliphatic rings. The fourth-order valence-corrected chi connectivity index (χ4v) is 3.05. The molecule has 1 aromatic heterocycles. The van der Waals surface area contributed by atoms with Crippen molar-refractivity contribution in [2.24, 2.45) is 0 Å². The van der Waals surface area contributed by atoms with Gasteiger partial charge in [0, 0.05) is 23.6 Å². The largest absolute Gasteiger partial charge is 0.489 e. The fourth-order valence-electron chi connectivity index (χ4n) is 3.05. The number of aliphatic hydroxyl groups is 1. The van der Waals surface area contributed by atoms with Gasteiger partial charge in [-0.1, -0.05) is 41.6 Å². The third-order valence-electron chi connectivity index (χ3n) is 4.55. The Morgan fingerprint density at radius 2 is 1.89 bits per heavy atom. The van der Waals surface area contributed by atoms with Gasteiger partial charge >= 0.3 is 0 Å². The minimum atomic E-state index is -1.06. The molecule has 2 aromatic carbocycles. The lowest BCUT2D eigenvalue weighted by atomic mass is 10.0. The van der Waals surface area contributed by atoms with Crippen molar-refractivity contribution in [2.75, 3.05) is 0 Å². The van der Waals surface area contributed by atoms with Gasteiger partial charge < -0.3 is 14.4 Å². The number of rotatable bonds is 6. The Labute approximate surface area is 156 Å². The summed E-state index contributed by atoms with van der Waals surface area (Å²) in [4.78, 5) is 11.8. The van der Waals surface area contributed by atoms with Crippen LogP contribution in [0.15, 0.2) is 76.8 Å². The first kappa shape index (κ1) is 17.2. The van der Waals surface area contributed by atoms with Crippen molar-refractivity contribution in [3.8, 4) is 17.0 Å². The molecule has 0 amide bonds. The predicted octanol–water partition coefficient (Wildman–Crippen LogP) is 4.24. The van der Waals surface area contributed by atoms with Gasteiger partial charge in [-0.05, 0) is 36.2 Å². The van der Waals surface area contributed by atoms with Crippen LogP contribution in [0.4, 0.5) is 0 Å². The van der Waals surface area contributed by atoms with Crippen LogP contribution in [0.1, 0.15) is 30.3 Å². The zero-order chi connectivity index (χ0) is 18.6. The summed E-state index contributed by atoms with van der Waals surface area (Å²) in [6.07, 6.45) is 1.80. The van der Waals surface area contributed by atoms with Crippen LogP contribution in [-0.4, -0.2) is 16.0 Å². The molecule has 136 valence electrons. The highest BCUT2D eigenvalue weighted by molar-refractivity contribution is 5.98. The molecular formula is C22H19NO4. The van der Waals surface area contributed by atoms with Crippen LogP contribution in [0.25, 0.3) is 11.3 Å². The number of carbonyl (C=O) groups excluding carboxylic acids is 1. The molecule has 3 aromatic rings. The first-order valence-electron chi connectivity index (χ1n) is 8.86. The highest BCUT2D eigenvalue weighted by Crippen LogP contribution is 2.31. The molecule has 1 atom stereocenters. The first-order valence-corrected chi connectivity index (χ1v) is 8.86. The maximum atomic E-state index is 11.8. The van der Waals surface area contributed by atoms with E-state index in [1.807, 2.05) is 54.6 Å².